The molecule has 6 heteroatoms. The average molecular weight is 402 g/mol. The molecule has 2 aromatic carbocycles. The summed E-state index contributed by atoms with van der Waals surface area (Å²) in [5.41, 5.74) is 3.31. The van der Waals surface area contributed by atoms with E-state index in [1.54, 1.807) is 24.5 Å². The Balaban J connectivity index is 1.68. The summed E-state index contributed by atoms with van der Waals surface area (Å²) in [4.78, 5) is 13.3. The third-order valence-electron chi connectivity index (χ3n) is 3.88. The number of pyridine rings is 1. The van der Waals surface area contributed by atoms with Crippen molar-refractivity contribution in [3.63, 3.8) is 0 Å². The molecule has 2 heterocycles. The summed E-state index contributed by atoms with van der Waals surface area (Å²) in [6.07, 6.45) is 3.49. The van der Waals surface area contributed by atoms with E-state index in [4.69, 9.17) is 5.26 Å². The number of anilines is 2. The number of hydrogen-bond donors (Lipinski definition) is 1. The van der Waals surface area contributed by atoms with Crippen molar-refractivity contribution in [2.24, 2.45) is 0 Å². The topological polar surface area (TPSA) is 74.5 Å². The maximum absolute atomic E-state index is 8.92. The number of nitrogens with zero attached hydrogens (tertiary/aromatic N) is 4. The fraction of sp³-hybridized carbons (Fsp3) is 0. The van der Waals surface area contributed by atoms with E-state index in [1.807, 2.05) is 42.5 Å². The predicted octanol–water partition coefficient (Wildman–Crippen LogP) is 5.07. The normalized spacial score (nSPS) is 10.5. The number of fused-ring (bicyclic) bond motifs is 1. The van der Waals surface area contributed by atoms with Crippen molar-refractivity contribution in [2.75, 3.05) is 5.32 Å². The predicted molar refractivity (Wildman–Crippen MR) is 105 cm³/mol. The van der Waals surface area contributed by atoms with Crippen molar-refractivity contribution in [2.45, 2.75) is 0 Å². The first-order chi connectivity index (χ1) is 12.7. The van der Waals surface area contributed by atoms with Crippen LogP contribution in [0.3, 0.4) is 0 Å². The van der Waals surface area contributed by atoms with Crippen LogP contribution in [0.1, 0.15) is 5.56 Å². The fourth-order valence-corrected chi connectivity index (χ4v) is 2.87. The minimum absolute atomic E-state index is 0.586. The van der Waals surface area contributed by atoms with Crippen molar-refractivity contribution in [3.05, 3.63) is 77.0 Å². The largest absolute Gasteiger partial charge is 0.339 e. The molecular weight excluding hydrogens is 390 g/mol. The zero-order valence-corrected chi connectivity index (χ0v) is 15.1. The van der Waals surface area contributed by atoms with Gasteiger partial charge in [-0.25, -0.2) is 9.97 Å². The smallest absolute Gasteiger partial charge is 0.161 e. The van der Waals surface area contributed by atoms with E-state index >= 15 is 0 Å². The van der Waals surface area contributed by atoms with Crippen LogP contribution in [0.5, 0.6) is 0 Å². The fourth-order valence-electron chi connectivity index (χ4n) is 2.58. The van der Waals surface area contributed by atoms with Crippen LogP contribution in [0.15, 0.2) is 71.5 Å². The third-order valence-corrected chi connectivity index (χ3v) is 4.46. The van der Waals surface area contributed by atoms with Crippen molar-refractivity contribution < 1.29 is 0 Å². The third kappa shape index (κ3) is 3.25. The molecule has 0 amide bonds. The van der Waals surface area contributed by atoms with Crippen LogP contribution >= 0.6 is 15.9 Å². The van der Waals surface area contributed by atoms with Gasteiger partial charge in [-0.05, 0) is 64.5 Å². The number of halogens is 1. The minimum Gasteiger partial charge on any atom is -0.339 e. The van der Waals surface area contributed by atoms with Gasteiger partial charge < -0.3 is 5.32 Å². The molecule has 0 fully saturated rings. The highest BCUT2D eigenvalue weighted by molar-refractivity contribution is 9.10. The van der Waals surface area contributed by atoms with E-state index in [9.17, 15) is 0 Å². The molecule has 0 unspecified atom stereocenters. The van der Waals surface area contributed by atoms with Crippen molar-refractivity contribution in [3.8, 4) is 17.5 Å². The SMILES string of the molecule is N#Cc1ccc(-c2ncc(Br)c(Nc3ccc4ncccc4c3)n2)cc1. The van der Waals surface area contributed by atoms with Gasteiger partial charge in [0.15, 0.2) is 5.82 Å². The Morgan fingerprint density at radius 2 is 1.85 bits per heavy atom. The standard InChI is InChI=1S/C20H12BrN5/c21-17-12-24-19(14-5-3-13(11-22)4-6-14)26-20(17)25-16-7-8-18-15(10-16)2-1-9-23-18/h1-10,12H,(H,24,25,26). The van der Waals surface area contributed by atoms with Gasteiger partial charge in [-0.1, -0.05) is 6.07 Å². The van der Waals surface area contributed by atoms with Gasteiger partial charge in [0.25, 0.3) is 0 Å². The van der Waals surface area contributed by atoms with Gasteiger partial charge in [0.05, 0.1) is 21.6 Å². The van der Waals surface area contributed by atoms with E-state index in [2.05, 4.69) is 42.3 Å². The molecule has 124 valence electrons. The maximum atomic E-state index is 8.92. The van der Waals surface area contributed by atoms with Gasteiger partial charge in [0.1, 0.15) is 5.82 Å². The molecule has 0 bridgehead atoms. The van der Waals surface area contributed by atoms with Crippen LogP contribution in [-0.2, 0) is 0 Å². The Kier molecular flexibility index (Phi) is 4.30. The lowest BCUT2D eigenvalue weighted by atomic mass is 10.1. The first-order valence-corrected chi connectivity index (χ1v) is 8.67. The molecule has 2 aromatic heterocycles. The Bertz CT molecular complexity index is 1130. The molecule has 0 aliphatic rings. The molecule has 5 nitrogen and oxygen atoms in total. The highest BCUT2D eigenvalue weighted by atomic mass is 79.9. The summed E-state index contributed by atoms with van der Waals surface area (Å²) < 4.78 is 0.765. The maximum Gasteiger partial charge on any atom is 0.161 e. The van der Waals surface area contributed by atoms with Crippen LogP contribution in [-0.4, -0.2) is 15.0 Å². The van der Waals surface area contributed by atoms with Crippen LogP contribution in [0.25, 0.3) is 22.3 Å². The summed E-state index contributed by atoms with van der Waals surface area (Å²) in [5, 5.41) is 13.3. The number of hydrogen-bond acceptors (Lipinski definition) is 5. The van der Waals surface area contributed by atoms with Crippen molar-refractivity contribution in [1.82, 2.24) is 15.0 Å². The van der Waals surface area contributed by atoms with E-state index in [0.29, 0.717) is 17.2 Å². The lowest BCUT2D eigenvalue weighted by Crippen LogP contribution is -1.98. The molecule has 4 aromatic rings. The number of nitrogens with one attached hydrogen (secondary N) is 1. The van der Waals surface area contributed by atoms with Crippen LogP contribution in [0.2, 0.25) is 0 Å². The van der Waals surface area contributed by atoms with E-state index < -0.39 is 0 Å². The second kappa shape index (κ2) is 6.90. The van der Waals surface area contributed by atoms with Crippen molar-refractivity contribution >= 4 is 38.3 Å². The van der Waals surface area contributed by atoms with E-state index in [0.717, 1.165) is 26.6 Å². The lowest BCUT2D eigenvalue weighted by molar-refractivity contribution is 1.16. The highest BCUT2D eigenvalue weighted by Crippen LogP contribution is 2.27. The quantitative estimate of drug-likeness (QED) is 0.518. The number of aromatic nitrogens is 3. The lowest BCUT2D eigenvalue weighted by Gasteiger charge is -2.10. The van der Waals surface area contributed by atoms with E-state index in [1.165, 1.54) is 0 Å². The molecule has 1 N–H and O–H groups in total. The average Bonchev–Trinajstić information content (AvgIpc) is 2.70. The molecule has 0 aliphatic carbocycles. The summed E-state index contributed by atoms with van der Waals surface area (Å²) in [6, 6.07) is 19.2. The zero-order valence-electron chi connectivity index (χ0n) is 13.5. The Morgan fingerprint density at radius 3 is 2.65 bits per heavy atom. The molecule has 0 radical (unpaired) electrons. The van der Waals surface area contributed by atoms with Gasteiger partial charge >= 0.3 is 0 Å². The molecule has 26 heavy (non-hydrogen) atoms. The Hall–Kier alpha value is -3.30. The van der Waals surface area contributed by atoms with E-state index in [-0.39, 0.29) is 0 Å². The van der Waals surface area contributed by atoms with Crippen LogP contribution in [0.4, 0.5) is 11.5 Å². The summed E-state index contributed by atoms with van der Waals surface area (Å²) >= 11 is 3.49. The highest BCUT2D eigenvalue weighted by Gasteiger charge is 2.08. The zero-order chi connectivity index (χ0) is 17.9. The second-order valence-electron chi connectivity index (χ2n) is 5.62. The molecule has 0 aliphatic heterocycles. The van der Waals surface area contributed by atoms with Gasteiger partial charge in [-0.2, -0.15) is 5.26 Å². The van der Waals surface area contributed by atoms with Gasteiger partial charge in [0, 0.05) is 29.0 Å². The van der Waals surface area contributed by atoms with Crippen LogP contribution < -0.4 is 5.32 Å². The molecule has 0 saturated heterocycles. The first kappa shape index (κ1) is 16.2. The summed E-state index contributed by atoms with van der Waals surface area (Å²) in [6.45, 7) is 0. The number of rotatable bonds is 3. The molecule has 0 saturated carbocycles. The summed E-state index contributed by atoms with van der Waals surface area (Å²) in [7, 11) is 0. The minimum atomic E-state index is 0.586. The molecule has 0 spiro atoms. The van der Waals surface area contributed by atoms with Crippen molar-refractivity contribution in [1.29, 1.82) is 5.26 Å². The number of nitriles is 1. The molecular formula is C20H12BrN5. The van der Waals surface area contributed by atoms with Gasteiger partial charge in [0.2, 0.25) is 0 Å². The number of benzene rings is 2. The Labute approximate surface area is 158 Å². The van der Waals surface area contributed by atoms with Crippen LogP contribution in [0, 0.1) is 11.3 Å². The monoisotopic (exact) mass is 401 g/mol. The molecule has 0 atom stereocenters. The molecule has 4 rings (SSSR count). The van der Waals surface area contributed by atoms with Gasteiger partial charge in [-0.15, -0.1) is 0 Å². The first-order valence-electron chi connectivity index (χ1n) is 7.88. The van der Waals surface area contributed by atoms with Gasteiger partial charge in [-0.3, -0.25) is 4.98 Å². The second-order valence-corrected chi connectivity index (χ2v) is 6.47. The summed E-state index contributed by atoms with van der Waals surface area (Å²) in [5.74, 6) is 1.25. The Morgan fingerprint density at radius 1 is 1.00 bits per heavy atom.